The fourth-order valence-electron chi connectivity index (χ4n) is 5.06. The molecule has 3 fully saturated rings. The van der Waals surface area contributed by atoms with Crippen LogP contribution in [0.5, 0.6) is 0 Å². The lowest BCUT2D eigenvalue weighted by Gasteiger charge is -2.56. The standard InChI is InChI=1S/C17H27N5O2/c1-12(4-8-22-11-18-10-19-22)20-16(23)21-14-13-5-9-24-15(13)17(14)6-2-3-7-17/h10-15H,2-9H2,1H3,(H2,20,21,23)/t12-,13-,14-,15+/m1/s1. The number of hydrogen-bond acceptors (Lipinski definition) is 4. The first-order valence-corrected chi connectivity index (χ1v) is 9.20. The van der Waals surface area contributed by atoms with Crippen molar-refractivity contribution in [2.24, 2.45) is 11.3 Å². The average Bonchev–Trinajstić information content (AvgIpc) is 3.31. The van der Waals surface area contributed by atoms with E-state index in [1.807, 2.05) is 6.92 Å². The number of carbonyl (C=O) groups excluding carboxylic acids is 1. The smallest absolute Gasteiger partial charge is 0.315 e. The zero-order valence-electron chi connectivity index (χ0n) is 14.3. The second kappa shape index (κ2) is 6.35. The Balaban J connectivity index is 1.29. The highest BCUT2D eigenvalue weighted by atomic mass is 16.5. The molecule has 4 atom stereocenters. The number of amides is 2. The van der Waals surface area contributed by atoms with Crippen LogP contribution in [0.4, 0.5) is 4.79 Å². The van der Waals surface area contributed by atoms with Gasteiger partial charge in [0, 0.05) is 36.6 Å². The molecule has 1 aromatic rings. The van der Waals surface area contributed by atoms with Gasteiger partial charge in [0.1, 0.15) is 12.7 Å². The van der Waals surface area contributed by atoms with E-state index in [1.54, 1.807) is 11.0 Å². The number of nitrogens with zero attached hydrogens (tertiary/aromatic N) is 3. The fraction of sp³-hybridized carbons (Fsp3) is 0.824. The van der Waals surface area contributed by atoms with Gasteiger partial charge in [-0.3, -0.25) is 4.68 Å². The molecule has 1 aromatic heterocycles. The van der Waals surface area contributed by atoms with Crippen molar-refractivity contribution in [2.75, 3.05) is 6.61 Å². The van der Waals surface area contributed by atoms with E-state index in [0.29, 0.717) is 12.0 Å². The van der Waals surface area contributed by atoms with Crippen LogP contribution in [0.1, 0.15) is 45.4 Å². The summed E-state index contributed by atoms with van der Waals surface area (Å²) >= 11 is 0. The molecule has 0 bridgehead atoms. The number of ether oxygens (including phenoxy) is 1. The lowest BCUT2D eigenvalue weighted by molar-refractivity contribution is -0.126. The summed E-state index contributed by atoms with van der Waals surface area (Å²) in [6, 6.07) is 0.349. The molecule has 132 valence electrons. The van der Waals surface area contributed by atoms with Crippen LogP contribution in [0, 0.1) is 11.3 Å². The number of urea groups is 1. The molecular formula is C17H27N5O2. The first-order valence-electron chi connectivity index (χ1n) is 9.20. The summed E-state index contributed by atoms with van der Waals surface area (Å²) in [5, 5.41) is 10.4. The quantitative estimate of drug-likeness (QED) is 0.859. The summed E-state index contributed by atoms with van der Waals surface area (Å²) in [5.74, 6) is 0.513. The predicted octanol–water partition coefficient (Wildman–Crippen LogP) is 1.70. The van der Waals surface area contributed by atoms with Crippen molar-refractivity contribution in [1.82, 2.24) is 25.4 Å². The monoisotopic (exact) mass is 333 g/mol. The maximum atomic E-state index is 12.4. The zero-order chi connectivity index (χ0) is 16.6. The number of rotatable bonds is 5. The van der Waals surface area contributed by atoms with Gasteiger partial charge in [0.25, 0.3) is 0 Å². The van der Waals surface area contributed by atoms with Gasteiger partial charge < -0.3 is 15.4 Å². The third kappa shape index (κ3) is 2.68. The molecule has 3 aliphatic rings. The van der Waals surface area contributed by atoms with Crippen LogP contribution in [-0.2, 0) is 11.3 Å². The highest BCUT2D eigenvalue weighted by Crippen LogP contribution is 2.60. The van der Waals surface area contributed by atoms with Gasteiger partial charge >= 0.3 is 6.03 Å². The molecular weight excluding hydrogens is 306 g/mol. The number of aryl methyl sites for hydroxylation is 1. The maximum absolute atomic E-state index is 12.4. The molecule has 4 rings (SSSR count). The molecule has 1 saturated heterocycles. The van der Waals surface area contributed by atoms with Crippen LogP contribution >= 0.6 is 0 Å². The topological polar surface area (TPSA) is 81.1 Å². The third-order valence-electron chi connectivity index (χ3n) is 6.21. The minimum Gasteiger partial charge on any atom is -0.377 e. The second-order valence-corrected chi connectivity index (χ2v) is 7.63. The molecule has 7 nitrogen and oxygen atoms in total. The minimum absolute atomic E-state index is 0.0392. The summed E-state index contributed by atoms with van der Waals surface area (Å²) in [6.07, 6.45) is 10.5. The van der Waals surface area contributed by atoms with Crippen LogP contribution < -0.4 is 10.6 Å². The highest BCUT2D eigenvalue weighted by Gasteiger charge is 2.65. The molecule has 2 N–H and O–H groups in total. The van der Waals surface area contributed by atoms with Crippen molar-refractivity contribution < 1.29 is 9.53 Å². The van der Waals surface area contributed by atoms with E-state index >= 15 is 0 Å². The van der Waals surface area contributed by atoms with Crippen LogP contribution in [0.2, 0.25) is 0 Å². The second-order valence-electron chi connectivity index (χ2n) is 7.63. The Kier molecular flexibility index (Phi) is 4.20. The van der Waals surface area contributed by atoms with E-state index in [0.717, 1.165) is 26.0 Å². The van der Waals surface area contributed by atoms with Crippen molar-refractivity contribution >= 4 is 6.03 Å². The Bertz CT molecular complexity index is 570. The van der Waals surface area contributed by atoms with Gasteiger partial charge in [0.2, 0.25) is 0 Å². The van der Waals surface area contributed by atoms with E-state index in [2.05, 4.69) is 20.7 Å². The van der Waals surface area contributed by atoms with Gasteiger partial charge in [-0.15, -0.1) is 0 Å². The van der Waals surface area contributed by atoms with E-state index in [9.17, 15) is 4.79 Å². The fourth-order valence-corrected chi connectivity index (χ4v) is 5.06. The number of nitrogens with one attached hydrogen (secondary N) is 2. The molecule has 2 aliphatic carbocycles. The molecule has 24 heavy (non-hydrogen) atoms. The van der Waals surface area contributed by atoms with Gasteiger partial charge in [0.15, 0.2) is 0 Å². The van der Waals surface area contributed by atoms with E-state index in [4.69, 9.17) is 4.74 Å². The van der Waals surface area contributed by atoms with Gasteiger partial charge in [0.05, 0.1) is 6.10 Å². The summed E-state index contributed by atoms with van der Waals surface area (Å²) in [5.41, 5.74) is 0.211. The Morgan fingerprint density at radius 3 is 3.04 bits per heavy atom. The molecule has 0 aromatic carbocycles. The first kappa shape index (κ1) is 15.9. The maximum Gasteiger partial charge on any atom is 0.315 e. The largest absolute Gasteiger partial charge is 0.377 e. The van der Waals surface area contributed by atoms with Crippen LogP contribution in [0.3, 0.4) is 0 Å². The van der Waals surface area contributed by atoms with Gasteiger partial charge in [-0.25, -0.2) is 9.78 Å². The van der Waals surface area contributed by atoms with Crippen molar-refractivity contribution in [3.63, 3.8) is 0 Å². The van der Waals surface area contributed by atoms with E-state index < -0.39 is 0 Å². The van der Waals surface area contributed by atoms with Gasteiger partial charge in [-0.05, 0) is 32.6 Å². The van der Waals surface area contributed by atoms with Crippen molar-refractivity contribution in [3.8, 4) is 0 Å². The Hall–Kier alpha value is -1.63. The number of fused-ring (bicyclic) bond motifs is 2. The molecule has 1 aliphatic heterocycles. The Morgan fingerprint density at radius 2 is 2.29 bits per heavy atom. The Labute approximate surface area is 142 Å². The molecule has 2 amide bonds. The minimum atomic E-state index is -0.0392. The summed E-state index contributed by atoms with van der Waals surface area (Å²) in [6.45, 7) is 3.64. The zero-order valence-corrected chi connectivity index (χ0v) is 14.3. The van der Waals surface area contributed by atoms with Crippen molar-refractivity contribution in [1.29, 1.82) is 0 Å². The Morgan fingerprint density at radius 1 is 1.46 bits per heavy atom. The summed E-state index contributed by atoms with van der Waals surface area (Å²) < 4.78 is 7.76. The lowest BCUT2D eigenvalue weighted by atomic mass is 9.54. The van der Waals surface area contributed by atoms with E-state index in [1.165, 1.54) is 32.0 Å². The number of aromatic nitrogens is 3. The number of hydrogen-bond donors (Lipinski definition) is 2. The molecule has 0 unspecified atom stereocenters. The summed E-state index contributed by atoms with van der Waals surface area (Å²) in [7, 11) is 0. The van der Waals surface area contributed by atoms with Crippen LogP contribution in [0.15, 0.2) is 12.7 Å². The summed E-state index contributed by atoms with van der Waals surface area (Å²) in [4.78, 5) is 16.4. The van der Waals surface area contributed by atoms with Crippen LogP contribution in [0.25, 0.3) is 0 Å². The highest BCUT2D eigenvalue weighted by molar-refractivity contribution is 5.75. The van der Waals surface area contributed by atoms with Crippen molar-refractivity contribution in [3.05, 3.63) is 12.7 Å². The van der Waals surface area contributed by atoms with Gasteiger partial charge in [-0.1, -0.05) is 12.8 Å². The first-order chi connectivity index (χ1) is 11.7. The number of carbonyl (C=O) groups is 1. The molecule has 7 heteroatoms. The lowest BCUT2D eigenvalue weighted by Crippen LogP contribution is -2.69. The van der Waals surface area contributed by atoms with Gasteiger partial charge in [-0.2, -0.15) is 5.10 Å². The van der Waals surface area contributed by atoms with Crippen LogP contribution in [-0.4, -0.2) is 45.6 Å². The molecule has 1 spiro atoms. The average molecular weight is 333 g/mol. The normalized spacial score (nSPS) is 31.5. The van der Waals surface area contributed by atoms with Crippen molar-refractivity contribution in [2.45, 2.75) is 70.2 Å². The molecule has 2 saturated carbocycles. The molecule has 0 radical (unpaired) electrons. The molecule has 2 heterocycles. The SMILES string of the molecule is C[C@H](CCn1cncn1)NC(=O)N[C@@H]1[C@H]2CCO[C@@H]2C12CCCC2. The van der Waals surface area contributed by atoms with E-state index in [-0.39, 0.29) is 23.5 Å². The predicted molar refractivity (Wildman–Crippen MR) is 88.3 cm³/mol. The third-order valence-corrected chi connectivity index (χ3v) is 6.21.